The van der Waals surface area contributed by atoms with Crippen LogP contribution in [0, 0.1) is 26.7 Å². The predicted molar refractivity (Wildman–Crippen MR) is 62.2 cm³/mol. The van der Waals surface area contributed by atoms with Gasteiger partial charge in [0.25, 0.3) is 0 Å². The van der Waals surface area contributed by atoms with Crippen molar-refractivity contribution in [3.63, 3.8) is 0 Å². The highest BCUT2D eigenvalue weighted by molar-refractivity contribution is 5.89. The minimum absolute atomic E-state index is 0.227. The molecule has 0 aromatic heterocycles. The van der Waals surface area contributed by atoms with E-state index in [0.717, 1.165) is 6.42 Å². The molecule has 2 rings (SSSR count). The molecule has 80 valence electrons. The topological polar surface area (TPSA) is 17.1 Å². The lowest BCUT2D eigenvalue weighted by Gasteiger charge is -2.34. The lowest BCUT2D eigenvalue weighted by molar-refractivity contribution is -0.130. The summed E-state index contributed by atoms with van der Waals surface area (Å²) in [6.45, 7) is 8.49. The number of carbonyl (C=O) groups is 1. The number of Topliss-reactive ketones (excluding diaryl/α,β-unsaturated/α-hetero) is 1. The zero-order valence-electron chi connectivity index (χ0n) is 9.92. The first kappa shape index (κ1) is 10.4. The van der Waals surface area contributed by atoms with E-state index < -0.39 is 0 Å². The van der Waals surface area contributed by atoms with Crippen LogP contribution in [0.15, 0.2) is 12.1 Å². The van der Waals surface area contributed by atoms with Gasteiger partial charge in [0.1, 0.15) is 5.78 Å². The molecule has 1 heteroatoms. The maximum Gasteiger partial charge on any atom is 0.136 e. The van der Waals surface area contributed by atoms with Crippen molar-refractivity contribution in [3.05, 3.63) is 34.4 Å². The van der Waals surface area contributed by atoms with E-state index in [1.54, 1.807) is 0 Å². The lowest BCUT2D eigenvalue weighted by atomic mass is 9.68. The predicted octanol–water partition coefficient (Wildman–Crippen LogP) is 3.30. The summed E-state index contributed by atoms with van der Waals surface area (Å²) >= 11 is 0. The van der Waals surface area contributed by atoms with Gasteiger partial charge in [-0.3, -0.25) is 4.79 Å². The Kier molecular flexibility index (Phi) is 2.41. The first-order valence-corrected chi connectivity index (χ1v) is 5.61. The summed E-state index contributed by atoms with van der Waals surface area (Å²) < 4.78 is 0. The third-order valence-corrected chi connectivity index (χ3v) is 3.64. The van der Waals surface area contributed by atoms with Gasteiger partial charge in [0.2, 0.25) is 0 Å². The van der Waals surface area contributed by atoms with E-state index in [0.29, 0.717) is 11.7 Å². The van der Waals surface area contributed by atoms with Gasteiger partial charge in [-0.1, -0.05) is 24.6 Å². The molecule has 1 aliphatic carbocycles. The van der Waals surface area contributed by atoms with Gasteiger partial charge in [-0.2, -0.15) is 0 Å². The molecular formula is C14H18O. The average Bonchev–Trinajstić information content (AvgIpc) is 2.15. The molecule has 1 fully saturated rings. The quantitative estimate of drug-likeness (QED) is 0.683. The number of hydrogen-bond acceptors (Lipinski definition) is 1. The van der Waals surface area contributed by atoms with Gasteiger partial charge < -0.3 is 0 Å². The van der Waals surface area contributed by atoms with Gasteiger partial charge in [0, 0.05) is 18.3 Å². The molecule has 1 nitrogen and oxygen atoms in total. The van der Waals surface area contributed by atoms with E-state index in [9.17, 15) is 4.79 Å². The van der Waals surface area contributed by atoms with Crippen LogP contribution in [0.1, 0.15) is 41.5 Å². The number of aryl methyl sites for hydroxylation is 3. The Hall–Kier alpha value is -1.11. The summed E-state index contributed by atoms with van der Waals surface area (Å²) in [6, 6.07) is 4.44. The maximum atomic E-state index is 11.3. The van der Waals surface area contributed by atoms with E-state index in [1.165, 1.54) is 22.3 Å². The smallest absolute Gasteiger partial charge is 0.136 e. The van der Waals surface area contributed by atoms with Crippen LogP contribution >= 0.6 is 0 Å². The van der Waals surface area contributed by atoms with Gasteiger partial charge in [0.15, 0.2) is 0 Å². The fourth-order valence-corrected chi connectivity index (χ4v) is 2.77. The number of hydrogen-bond donors (Lipinski definition) is 0. The number of ketones is 1. The Bertz CT molecular complexity index is 394. The summed E-state index contributed by atoms with van der Waals surface area (Å²) in [6.07, 6.45) is 0.742. The second kappa shape index (κ2) is 3.48. The zero-order valence-corrected chi connectivity index (χ0v) is 9.92. The highest BCUT2D eigenvalue weighted by Gasteiger charge is 2.38. The second-order valence-corrected chi connectivity index (χ2v) is 4.88. The molecule has 15 heavy (non-hydrogen) atoms. The van der Waals surface area contributed by atoms with Crippen LogP contribution in [0.2, 0.25) is 0 Å². The summed E-state index contributed by atoms with van der Waals surface area (Å²) in [5, 5.41) is 0. The van der Waals surface area contributed by atoms with Crippen molar-refractivity contribution in [3.8, 4) is 0 Å². The first-order chi connectivity index (χ1) is 7.00. The van der Waals surface area contributed by atoms with Gasteiger partial charge in [0.05, 0.1) is 0 Å². The molecule has 1 aromatic rings. The molecule has 0 spiro atoms. The Morgan fingerprint density at radius 2 is 1.67 bits per heavy atom. The number of rotatable bonds is 1. The molecule has 1 aliphatic rings. The second-order valence-electron chi connectivity index (χ2n) is 4.88. The van der Waals surface area contributed by atoms with Crippen molar-refractivity contribution in [2.45, 2.75) is 40.0 Å². The Labute approximate surface area is 91.5 Å². The number of carbonyl (C=O) groups excluding carboxylic acids is 1. The summed E-state index contributed by atoms with van der Waals surface area (Å²) in [4.78, 5) is 11.3. The minimum atomic E-state index is 0.227. The van der Waals surface area contributed by atoms with Crippen LogP contribution in [-0.2, 0) is 4.79 Å². The van der Waals surface area contributed by atoms with Crippen molar-refractivity contribution in [1.29, 1.82) is 0 Å². The molecule has 1 aromatic carbocycles. The van der Waals surface area contributed by atoms with Crippen molar-refractivity contribution in [1.82, 2.24) is 0 Å². The van der Waals surface area contributed by atoms with Crippen molar-refractivity contribution in [2.24, 2.45) is 5.92 Å². The molecule has 0 saturated heterocycles. The van der Waals surface area contributed by atoms with Gasteiger partial charge in [-0.15, -0.1) is 0 Å². The van der Waals surface area contributed by atoms with Crippen LogP contribution in [0.3, 0.4) is 0 Å². The third kappa shape index (κ3) is 1.60. The Balaban J connectivity index is 2.41. The Morgan fingerprint density at radius 1 is 1.13 bits per heavy atom. The van der Waals surface area contributed by atoms with E-state index in [2.05, 4.69) is 39.8 Å². The lowest BCUT2D eigenvalue weighted by Crippen LogP contribution is -2.33. The van der Waals surface area contributed by atoms with Crippen molar-refractivity contribution in [2.75, 3.05) is 0 Å². The van der Waals surface area contributed by atoms with E-state index >= 15 is 0 Å². The molecule has 0 heterocycles. The highest BCUT2D eigenvalue weighted by atomic mass is 16.1. The summed E-state index contributed by atoms with van der Waals surface area (Å²) in [5.41, 5.74) is 5.41. The van der Waals surface area contributed by atoms with Gasteiger partial charge >= 0.3 is 0 Å². The van der Waals surface area contributed by atoms with Gasteiger partial charge in [-0.05, 0) is 37.5 Å². The molecule has 2 unspecified atom stereocenters. The molecule has 0 bridgehead atoms. The highest BCUT2D eigenvalue weighted by Crippen LogP contribution is 2.42. The van der Waals surface area contributed by atoms with E-state index in [-0.39, 0.29) is 5.92 Å². The average molecular weight is 202 g/mol. The molecule has 0 aliphatic heterocycles. The molecule has 0 amide bonds. The molecule has 1 saturated carbocycles. The first-order valence-electron chi connectivity index (χ1n) is 5.61. The Morgan fingerprint density at radius 3 is 2.07 bits per heavy atom. The monoisotopic (exact) mass is 202 g/mol. The summed E-state index contributed by atoms with van der Waals surface area (Å²) in [7, 11) is 0. The normalized spacial score (nSPS) is 25.2. The number of benzene rings is 1. The van der Waals surface area contributed by atoms with Crippen LogP contribution in [0.4, 0.5) is 0 Å². The molecular weight excluding hydrogens is 184 g/mol. The largest absolute Gasteiger partial charge is 0.299 e. The fraction of sp³-hybridized carbons (Fsp3) is 0.500. The standard InChI is InChI=1S/C14H18O/c1-8-5-9(2)14(10(3)6-8)12-7-13(15)11(12)4/h5-6,11-12H,7H2,1-4H3. The van der Waals surface area contributed by atoms with Crippen LogP contribution in [-0.4, -0.2) is 5.78 Å². The zero-order chi connectivity index (χ0) is 11.2. The van der Waals surface area contributed by atoms with Crippen molar-refractivity contribution >= 4 is 5.78 Å². The van der Waals surface area contributed by atoms with Crippen molar-refractivity contribution < 1.29 is 4.79 Å². The molecule has 2 atom stereocenters. The third-order valence-electron chi connectivity index (χ3n) is 3.64. The van der Waals surface area contributed by atoms with Crippen LogP contribution < -0.4 is 0 Å². The SMILES string of the molecule is Cc1cc(C)c(C2CC(=O)C2C)c(C)c1. The minimum Gasteiger partial charge on any atom is -0.299 e. The van der Waals surface area contributed by atoms with Crippen LogP contribution in [0.5, 0.6) is 0 Å². The van der Waals surface area contributed by atoms with E-state index in [1.807, 2.05) is 0 Å². The molecule has 0 N–H and O–H groups in total. The fourth-order valence-electron chi connectivity index (χ4n) is 2.77. The molecule has 0 radical (unpaired) electrons. The van der Waals surface area contributed by atoms with Gasteiger partial charge in [-0.25, -0.2) is 0 Å². The summed E-state index contributed by atoms with van der Waals surface area (Å²) in [5.74, 6) is 1.11. The van der Waals surface area contributed by atoms with E-state index in [4.69, 9.17) is 0 Å². The maximum absolute atomic E-state index is 11.3. The van der Waals surface area contributed by atoms with Crippen LogP contribution in [0.25, 0.3) is 0 Å².